The Morgan fingerprint density at radius 3 is 2.00 bits per heavy atom. The minimum atomic E-state index is -3.72. The van der Waals surface area contributed by atoms with Crippen LogP contribution in [0.2, 0.25) is 19.6 Å². The largest absolute Gasteiger partial charge is 0.516 e. The summed E-state index contributed by atoms with van der Waals surface area (Å²) >= 11 is 0. The van der Waals surface area contributed by atoms with E-state index in [2.05, 4.69) is 0 Å². The van der Waals surface area contributed by atoms with Gasteiger partial charge in [0, 0.05) is 0 Å². The molecule has 0 heterocycles. The Kier molecular flexibility index (Phi) is 3.75. The van der Waals surface area contributed by atoms with Gasteiger partial charge in [-0.1, -0.05) is 0 Å². The van der Waals surface area contributed by atoms with Gasteiger partial charge in [-0.05, 0) is 43.9 Å². The van der Waals surface area contributed by atoms with E-state index < -0.39 is 24.3 Å². The highest BCUT2D eigenvalue weighted by molar-refractivity contribution is 7.89. The fourth-order valence-electron chi connectivity index (χ4n) is 1.12. The first kappa shape index (κ1) is 13.9. The Labute approximate surface area is 102 Å². The van der Waals surface area contributed by atoms with Crippen molar-refractivity contribution in [2.24, 2.45) is 5.14 Å². The molecule has 0 amide bonds. The number of rotatable bonds is 3. The third kappa shape index (κ3) is 4.29. The van der Waals surface area contributed by atoms with Gasteiger partial charge in [0.1, 0.15) is 0 Å². The molecule has 2 N–H and O–H groups in total. The Morgan fingerprint density at radius 1 is 1.18 bits per heavy atom. The highest BCUT2D eigenvalue weighted by Crippen LogP contribution is 2.12. The molecule has 1 rings (SSSR count). The van der Waals surface area contributed by atoms with Crippen molar-refractivity contribution in [2.75, 3.05) is 0 Å². The predicted octanol–water partition coefficient (Wildman–Crippen LogP) is 1.33. The van der Waals surface area contributed by atoms with Crippen LogP contribution in [-0.2, 0) is 14.4 Å². The van der Waals surface area contributed by atoms with E-state index in [1.807, 2.05) is 19.6 Å². The molecule has 0 aromatic heterocycles. The zero-order valence-corrected chi connectivity index (χ0v) is 11.7. The van der Waals surface area contributed by atoms with E-state index in [0.717, 1.165) is 0 Å². The Balaban J connectivity index is 2.93. The Bertz CT molecular complexity index is 516. The molecular weight excluding hydrogens is 258 g/mol. The molecule has 0 saturated carbocycles. The van der Waals surface area contributed by atoms with E-state index in [0.29, 0.717) is 5.56 Å². The van der Waals surface area contributed by atoms with Gasteiger partial charge in [0.25, 0.3) is 0 Å². The van der Waals surface area contributed by atoms with Crippen molar-refractivity contribution >= 4 is 24.3 Å². The quantitative estimate of drug-likeness (QED) is 0.842. The number of benzene rings is 1. The van der Waals surface area contributed by atoms with Crippen LogP contribution in [0, 0.1) is 0 Å². The number of carbonyl (C=O) groups excluding carboxylic acids is 1. The standard InChI is InChI=1S/C10H15NO4SSi/c1-17(2,3)15-10(12)8-4-6-9(7-5-8)16(11,13)14/h4-7H,1-3H3,(H2,11,13,14). The fourth-order valence-corrected chi connectivity index (χ4v) is 2.31. The van der Waals surface area contributed by atoms with Crippen LogP contribution in [0.4, 0.5) is 0 Å². The lowest BCUT2D eigenvalue weighted by Gasteiger charge is -2.17. The van der Waals surface area contributed by atoms with Crippen LogP contribution < -0.4 is 5.14 Å². The van der Waals surface area contributed by atoms with Gasteiger partial charge in [0.05, 0.1) is 10.5 Å². The second kappa shape index (κ2) is 4.59. The van der Waals surface area contributed by atoms with E-state index in [1.54, 1.807) is 0 Å². The molecule has 5 nitrogen and oxygen atoms in total. The summed E-state index contributed by atoms with van der Waals surface area (Å²) in [6.07, 6.45) is 0. The van der Waals surface area contributed by atoms with Crippen molar-refractivity contribution in [3.63, 3.8) is 0 Å². The number of nitrogens with two attached hydrogens (primary N) is 1. The second-order valence-corrected chi connectivity index (χ2v) is 10.6. The maximum Gasteiger partial charge on any atom is 0.324 e. The summed E-state index contributed by atoms with van der Waals surface area (Å²) < 4.78 is 27.3. The minimum absolute atomic E-state index is 0.0259. The average Bonchev–Trinajstić information content (AvgIpc) is 2.14. The first-order valence-electron chi connectivity index (χ1n) is 4.96. The van der Waals surface area contributed by atoms with Gasteiger partial charge in [0.15, 0.2) is 0 Å². The molecule has 0 aliphatic carbocycles. The monoisotopic (exact) mass is 273 g/mol. The average molecular weight is 273 g/mol. The van der Waals surface area contributed by atoms with Gasteiger partial charge in [0.2, 0.25) is 18.3 Å². The second-order valence-electron chi connectivity index (χ2n) is 4.57. The van der Waals surface area contributed by atoms with Gasteiger partial charge in [-0.25, -0.2) is 18.4 Å². The van der Waals surface area contributed by atoms with Gasteiger partial charge in [-0.15, -0.1) is 0 Å². The van der Waals surface area contributed by atoms with Gasteiger partial charge in [-0.3, -0.25) is 0 Å². The highest BCUT2D eigenvalue weighted by atomic mass is 32.2. The zero-order valence-electron chi connectivity index (χ0n) is 9.93. The van der Waals surface area contributed by atoms with Crippen molar-refractivity contribution < 1.29 is 17.6 Å². The van der Waals surface area contributed by atoms with Crippen LogP contribution in [0.3, 0.4) is 0 Å². The fraction of sp³-hybridized carbons (Fsp3) is 0.300. The molecule has 94 valence electrons. The summed E-state index contributed by atoms with van der Waals surface area (Å²) in [7, 11) is -5.67. The molecule has 0 fully saturated rings. The predicted molar refractivity (Wildman–Crippen MR) is 66.6 cm³/mol. The first-order chi connectivity index (χ1) is 7.59. The number of carbonyl (C=O) groups is 1. The lowest BCUT2D eigenvalue weighted by Crippen LogP contribution is -2.29. The van der Waals surface area contributed by atoms with E-state index in [9.17, 15) is 13.2 Å². The highest BCUT2D eigenvalue weighted by Gasteiger charge is 2.21. The van der Waals surface area contributed by atoms with Crippen molar-refractivity contribution in [3.8, 4) is 0 Å². The van der Waals surface area contributed by atoms with Crippen LogP contribution in [0.1, 0.15) is 10.4 Å². The van der Waals surface area contributed by atoms with E-state index in [1.165, 1.54) is 24.3 Å². The molecular formula is C10H15NO4SSi. The van der Waals surface area contributed by atoms with Gasteiger partial charge in [-0.2, -0.15) is 0 Å². The number of sulfonamides is 1. The van der Waals surface area contributed by atoms with E-state index in [-0.39, 0.29) is 4.90 Å². The molecule has 0 radical (unpaired) electrons. The topological polar surface area (TPSA) is 86.5 Å². The Hall–Kier alpha value is -1.18. The van der Waals surface area contributed by atoms with E-state index in [4.69, 9.17) is 9.56 Å². The molecule has 0 atom stereocenters. The smallest absolute Gasteiger partial charge is 0.324 e. The summed E-state index contributed by atoms with van der Waals surface area (Å²) in [6.45, 7) is 5.68. The molecule has 0 spiro atoms. The molecule has 1 aromatic carbocycles. The first-order valence-corrected chi connectivity index (χ1v) is 9.91. The van der Waals surface area contributed by atoms with Crippen molar-refractivity contribution in [3.05, 3.63) is 29.8 Å². The lowest BCUT2D eigenvalue weighted by atomic mass is 10.2. The third-order valence-electron chi connectivity index (χ3n) is 1.82. The summed E-state index contributed by atoms with van der Waals surface area (Å²) in [4.78, 5) is 11.6. The van der Waals surface area contributed by atoms with Crippen molar-refractivity contribution in [2.45, 2.75) is 24.5 Å². The number of primary sulfonamides is 1. The normalized spacial score (nSPS) is 12.2. The molecule has 7 heteroatoms. The summed E-state index contributed by atoms with van der Waals surface area (Å²) in [5, 5.41) is 4.95. The third-order valence-corrected chi connectivity index (χ3v) is 3.54. The molecule has 0 aliphatic heterocycles. The van der Waals surface area contributed by atoms with E-state index >= 15 is 0 Å². The minimum Gasteiger partial charge on any atom is -0.516 e. The molecule has 17 heavy (non-hydrogen) atoms. The molecule has 0 saturated heterocycles. The number of hydrogen-bond acceptors (Lipinski definition) is 4. The molecule has 0 aliphatic rings. The summed E-state index contributed by atoms with van der Waals surface area (Å²) in [5.74, 6) is -0.440. The Morgan fingerprint density at radius 2 is 1.65 bits per heavy atom. The number of hydrogen-bond donors (Lipinski definition) is 1. The van der Waals surface area contributed by atoms with Crippen molar-refractivity contribution in [1.82, 2.24) is 0 Å². The van der Waals surface area contributed by atoms with Crippen LogP contribution in [0.5, 0.6) is 0 Å². The van der Waals surface area contributed by atoms with Crippen LogP contribution in [-0.4, -0.2) is 22.7 Å². The van der Waals surface area contributed by atoms with Crippen LogP contribution in [0.25, 0.3) is 0 Å². The van der Waals surface area contributed by atoms with Crippen LogP contribution in [0.15, 0.2) is 29.2 Å². The lowest BCUT2D eigenvalue weighted by molar-refractivity contribution is 0.0724. The SMILES string of the molecule is C[Si](C)(C)OC(=O)c1ccc(S(N)(=O)=O)cc1. The molecule has 1 aromatic rings. The molecule has 0 bridgehead atoms. The zero-order chi connectivity index (χ0) is 13.3. The van der Waals surface area contributed by atoms with Crippen LogP contribution >= 0.6 is 0 Å². The van der Waals surface area contributed by atoms with Gasteiger partial charge >= 0.3 is 5.97 Å². The summed E-state index contributed by atoms with van der Waals surface area (Å²) in [6, 6.07) is 5.36. The maximum absolute atomic E-state index is 11.7. The maximum atomic E-state index is 11.7. The van der Waals surface area contributed by atoms with Gasteiger partial charge < -0.3 is 4.43 Å². The summed E-state index contributed by atoms with van der Waals surface area (Å²) in [5.41, 5.74) is 0.319. The van der Waals surface area contributed by atoms with Crippen molar-refractivity contribution in [1.29, 1.82) is 0 Å². The molecule has 0 unspecified atom stereocenters.